The number of hydrogen-bond acceptors (Lipinski definition) is 4. The Morgan fingerprint density at radius 1 is 1.00 bits per heavy atom. The lowest BCUT2D eigenvalue weighted by molar-refractivity contribution is 0.502. The first-order chi connectivity index (χ1) is 17.3. The zero-order chi connectivity index (χ0) is 25.4. The van der Waals surface area contributed by atoms with Crippen LogP contribution in [0.5, 0.6) is 0 Å². The van der Waals surface area contributed by atoms with Crippen LogP contribution in [0.15, 0.2) is 89.1 Å². The summed E-state index contributed by atoms with van der Waals surface area (Å²) in [7, 11) is 3.51. The molecule has 0 radical (unpaired) electrons. The van der Waals surface area contributed by atoms with E-state index >= 15 is 0 Å². The third-order valence-electron chi connectivity index (χ3n) is 6.46. The summed E-state index contributed by atoms with van der Waals surface area (Å²) in [6, 6.07) is 18.2. The molecule has 0 amide bonds. The molecular weight excluding hydrogens is 452 g/mol. The van der Waals surface area contributed by atoms with E-state index in [2.05, 4.69) is 47.7 Å². The first-order valence-electron chi connectivity index (χ1n) is 12.0. The van der Waals surface area contributed by atoms with E-state index in [1.807, 2.05) is 59.2 Å². The van der Waals surface area contributed by atoms with Crippen molar-refractivity contribution >= 4 is 22.4 Å². The number of imidazole rings is 1. The van der Waals surface area contributed by atoms with E-state index < -0.39 is 0 Å². The highest BCUT2D eigenvalue weighted by Crippen LogP contribution is 2.31. The van der Waals surface area contributed by atoms with E-state index in [1.165, 1.54) is 4.57 Å². The van der Waals surface area contributed by atoms with Crippen LogP contribution in [0.4, 0.5) is 11.5 Å². The number of rotatable bonds is 7. The molecule has 0 saturated carbocycles. The maximum Gasteiger partial charge on any atom is 0.331 e. The molecule has 0 atom stereocenters. The summed E-state index contributed by atoms with van der Waals surface area (Å²) in [5.41, 5.74) is 3.13. The molecule has 0 bridgehead atoms. The molecule has 36 heavy (non-hydrogen) atoms. The van der Waals surface area contributed by atoms with Crippen LogP contribution < -0.4 is 16.1 Å². The SMILES string of the molecule is CC(C)Cn1c(=O)n(C)c(=O)c2c(N(C)c3ccccc3)n(Cc3ccc(-n4ccnc4)cc3)cc21. The Morgan fingerprint density at radius 2 is 1.72 bits per heavy atom. The molecular formula is C28H30N6O2. The summed E-state index contributed by atoms with van der Waals surface area (Å²) in [5.74, 6) is 1.01. The lowest BCUT2D eigenvalue weighted by atomic mass is 10.2. The molecule has 3 aromatic heterocycles. The molecule has 8 heteroatoms. The number of aromatic nitrogens is 5. The van der Waals surface area contributed by atoms with Crippen LogP contribution in [0.2, 0.25) is 0 Å². The first-order valence-corrected chi connectivity index (χ1v) is 12.0. The van der Waals surface area contributed by atoms with Crippen LogP contribution in [0.25, 0.3) is 16.6 Å². The second-order valence-electron chi connectivity index (χ2n) is 9.52. The zero-order valence-electron chi connectivity index (χ0n) is 21.0. The first kappa shape index (κ1) is 23.4. The van der Waals surface area contributed by atoms with Gasteiger partial charge in [-0.3, -0.25) is 13.9 Å². The van der Waals surface area contributed by atoms with Crippen LogP contribution in [-0.2, 0) is 20.1 Å². The van der Waals surface area contributed by atoms with Gasteiger partial charge in [0.25, 0.3) is 5.56 Å². The molecule has 5 rings (SSSR count). The van der Waals surface area contributed by atoms with E-state index in [4.69, 9.17) is 0 Å². The molecule has 5 aromatic rings. The Hall–Kier alpha value is -4.33. The Labute approximate surface area is 209 Å². The topological polar surface area (TPSA) is 70.0 Å². The fourth-order valence-corrected chi connectivity index (χ4v) is 4.66. The second-order valence-corrected chi connectivity index (χ2v) is 9.52. The molecule has 0 aliphatic rings. The molecule has 8 nitrogen and oxygen atoms in total. The lowest BCUT2D eigenvalue weighted by Crippen LogP contribution is -2.38. The van der Waals surface area contributed by atoms with E-state index in [0.717, 1.165) is 22.8 Å². The molecule has 0 spiro atoms. The average molecular weight is 483 g/mol. The van der Waals surface area contributed by atoms with Gasteiger partial charge in [-0.2, -0.15) is 0 Å². The molecule has 0 unspecified atom stereocenters. The van der Waals surface area contributed by atoms with E-state index in [9.17, 15) is 9.59 Å². The van der Waals surface area contributed by atoms with Gasteiger partial charge in [0, 0.05) is 57.2 Å². The molecule has 0 fully saturated rings. The fourth-order valence-electron chi connectivity index (χ4n) is 4.66. The van der Waals surface area contributed by atoms with Crippen molar-refractivity contribution in [1.29, 1.82) is 0 Å². The van der Waals surface area contributed by atoms with Gasteiger partial charge in [-0.05, 0) is 35.7 Å². The molecule has 184 valence electrons. The fraction of sp³-hybridized carbons (Fsp3) is 0.250. The molecule has 0 saturated heterocycles. The quantitative estimate of drug-likeness (QED) is 0.349. The summed E-state index contributed by atoms with van der Waals surface area (Å²) in [6.07, 6.45) is 7.37. The number of hydrogen-bond donors (Lipinski definition) is 0. The van der Waals surface area contributed by atoms with Crippen molar-refractivity contribution in [1.82, 2.24) is 23.3 Å². The van der Waals surface area contributed by atoms with Crippen LogP contribution in [0.1, 0.15) is 19.4 Å². The zero-order valence-corrected chi connectivity index (χ0v) is 21.0. The van der Waals surface area contributed by atoms with Crippen LogP contribution in [0.3, 0.4) is 0 Å². The minimum Gasteiger partial charge on any atom is -0.330 e. The molecule has 0 aliphatic heterocycles. The summed E-state index contributed by atoms with van der Waals surface area (Å²) < 4.78 is 6.97. The monoisotopic (exact) mass is 482 g/mol. The van der Waals surface area contributed by atoms with Crippen molar-refractivity contribution in [3.8, 4) is 5.69 Å². The number of benzene rings is 2. The van der Waals surface area contributed by atoms with Crippen LogP contribution in [0, 0.1) is 5.92 Å². The Morgan fingerprint density at radius 3 is 2.36 bits per heavy atom. The number of nitrogens with zero attached hydrogens (tertiary/aromatic N) is 6. The molecule has 0 N–H and O–H groups in total. The van der Waals surface area contributed by atoms with Crippen molar-refractivity contribution in [2.45, 2.75) is 26.9 Å². The van der Waals surface area contributed by atoms with Crippen molar-refractivity contribution in [2.75, 3.05) is 11.9 Å². The normalized spacial score (nSPS) is 11.5. The van der Waals surface area contributed by atoms with Crippen molar-refractivity contribution < 1.29 is 0 Å². The van der Waals surface area contributed by atoms with Crippen molar-refractivity contribution in [3.63, 3.8) is 0 Å². The maximum absolute atomic E-state index is 13.5. The van der Waals surface area contributed by atoms with E-state index in [-0.39, 0.29) is 17.2 Å². The van der Waals surface area contributed by atoms with Gasteiger partial charge in [0.2, 0.25) is 0 Å². The highest BCUT2D eigenvalue weighted by Gasteiger charge is 2.23. The third kappa shape index (κ3) is 4.15. The van der Waals surface area contributed by atoms with E-state index in [0.29, 0.717) is 24.0 Å². The standard InChI is InChI=1S/C28H30N6O2/c1-20(2)16-34-24-18-33(17-21-10-12-23(13-11-21)32-15-14-29-19-32)26(25(24)27(35)31(4)28(34)36)30(3)22-8-6-5-7-9-22/h5-15,18-20H,16-17H2,1-4H3. The van der Waals surface area contributed by atoms with Crippen molar-refractivity contribution in [3.05, 3.63) is 106 Å². The summed E-state index contributed by atoms with van der Waals surface area (Å²) in [6.45, 7) is 5.21. The average Bonchev–Trinajstić information content (AvgIpc) is 3.55. The van der Waals surface area contributed by atoms with Gasteiger partial charge in [0.15, 0.2) is 0 Å². The molecule has 0 aliphatic carbocycles. The number of para-hydroxylation sites is 1. The van der Waals surface area contributed by atoms with Gasteiger partial charge >= 0.3 is 5.69 Å². The third-order valence-corrected chi connectivity index (χ3v) is 6.46. The summed E-state index contributed by atoms with van der Waals surface area (Å²) in [5, 5.41) is 0.541. The predicted octanol–water partition coefficient (Wildman–Crippen LogP) is 4.16. The van der Waals surface area contributed by atoms with Gasteiger partial charge in [-0.1, -0.05) is 44.2 Å². The summed E-state index contributed by atoms with van der Waals surface area (Å²) >= 11 is 0. The minimum atomic E-state index is -0.294. The predicted molar refractivity (Wildman–Crippen MR) is 143 cm³/mol. The van der Waals surface area contributed by atoms with Crippen molar-refractivity contribution in [2.24, 2.45) is 13.0 Å². The smallest absolute Gasteiger partial charge is 0.330 e. The molecule has 2 aromatic carbocycles. The van der Waals surface area contributed by atoms with Gasteiger partial charge in [-0.15, -0.1) is 0 Å². The highest BCUT2D eigenvalue weighted by molar-refractivity contribution is 5.93. The second kappa shape index (κ2) is 9.37. The Kier molecular flexibility index (Phi) is 6.10. The van der Waals surface area contributed by atoms with Crippen LogP contribution in [-0.4, -0.2) is 30.3 Å². The van der Waals surface area contributed by atoms with Gasteiger partial charge in [-0.25, -0.2) is 9.78 Å². The Balaban J connectivity index is 1.69. The number of fused-ring (bicyclic) bond motifs is 1. The largest absolute Gasteiger partial charge is 0.331 e. The van der Waals surface area contributed by atoms with Gasteiger partial charge < -0.3 is 14.0 Å². The van der Waals surface area contributed by atoms with Gasteiger partial charge in [0.1, 0.15) is 11.2 Å². The van der Waals surface area contributed by atoms with Gasteiger partial charge in [0.05, 0.1) is 11.8 Å². The maximum atomic E-state index is 13.5. The summed E-state index contributed by atoms with van der Waals surface area (Å²) in [4.78, 5) is 32.7. The minimum absolute atomic E-state index is 0.248. The lowest BCUT2D eigenvalue weighted by Gasteiger charge is -2.22. The highest BCUT2D eigenvalue weighted by atomic mass is 16.2. The Bertz CT molecular complexity index is 1610. The number of anilines is 2. The molecule has 3 heterocycles. The van der Waals surface area contributed by atoms with E-state index in [1.54, 1.807) is 24.1 Å². The van der Waals surface area contributed by atoms with Crippen LogP contribution >= 0.6 is 0 Å².